The fourth-order valence-corrected chi connectivity index (χ4v) is 5.34. The highest BCUT2D eigenvalue weighted by molar-refractivity contribution is 6.07. The van der Waals surface area contributed by atoms with Gasteiger partial charge in [0, 0.05) is 0 Å². The summed E-state index contributed by atoms with van der Waals surface area (Å²) in [4.78, 5) is 25.8. The van der Waals surface area contributed by atoms with Crippen molar-refractivity contribution in [3.8, 4) is 11.5 Å². The molecule has 27 heavy (non-hydrogen) atoms. The van der Waals surface area contributed by atoms with Crippen LogP contribution in [0.15, 0.2) is 35.5 Å². The lowest BCUT2D eigenvalue weighted by Gasteiger charge is -2.18. The Kier molecular flexibility index (Phi) is 3.48. The molecule has 140 valence electrons. The van der Waals surface area contributed by atoms with E-state index in [0.717, 1.165) is 23.4 Å². The van der Waals surface area contributed by atoms with E-state index in [1.54, 1.807) is 25.5 Å². The number of carbonyl (C=O) groups excluding carboxylic acids is 2. The number of fused-ring (bicyclic) bond motifs is 3. The zero-order chi connectivity index (χ0) is 18.8. The Labute approximate surface area is 157 Å². The number of imide groups is 1. The van der Waals surface area contributed by atoms with E-state index in [1.165, 1.54) is 0 Å². The molecule has 2 amide bonds. The van der Waals surface area contributed by atoms with E-state index >= 15 is 0 Å². The van der Waals surface area contributed by atoms with Gasteiger partial charge in [-0.2, -0.15) is 10.1 Å². The third-order valence-electron chi connectivity index (χ3n) is 6.64. The SMILES string of the molecule is CCOc1cc(/C=N\N2C(=O)[C@@H]3[C@@H](C2=O)[C@H]2C=C[C@H]3C23CC3)ccc1OC. The lowest BCUT2D eigenvalue weighted by Crippen LogP contribution is -2.30. The van der Waals surface area contributed by atoms with Gasteiger partial charge < -0.3 is 9.47 Å². The molecule has 6 nitrogen and oxygen atoms in total. The van der Waals surface area contributed by atoms with Crippen molar-refractivity contribution in [3.63, 3.8) is 0 Å². The lowest BCUT2D eigenvalue weighted by molar-refractivity contribution is -0.141. The molecule has 3 aliphatic carbocycles. The minimum atomic E-state index is -0.220. The van der Waals surface area contributed by atoms with Gasteiger partial charge in [-0.05, 0) is 60.8 Å². The van der Waals surface area contributed by atoms with Gasteiger partial charge in [0.25, 0.3) is 11.8 Å². The highest BCUT2D eigenvalue weighted by atomic mass is 16.5. The van der Waals surface area contributed by atoms with Crippen molar-refractivity contribution in [2.45, 2.75) is 19.8 Å². The van der Waals surface area contributed by atoms with Crippen molar-refractivity contribution in [2.75, 3.05) is 13.7 Å². The topological polar surface area (TPSA) is 68.2 Å². The minimum Gasteiger partial charge on any atom is -0.493 e. The van der Waals surface area contributed by atoms with Crippen LogP contribution in [-0.2, 0) is 9.59 Å². The van der Waals surface area contributed by atoms with E-state index in [2.05, 4.69) is 17.3 Å². The first-order valence-corrected chi connectivity index (χ1v) is 9.51. The fraction of sp³-hybridized carbons (Fsp3) is 0.476. The van der Waals surface area contributed by atoms with Crippen LogP contribution in [0.5, 0.6) is 11.5 Å². The third kappa shape index (κ3) is 2.16. The Hall–Kier alpha value is -2.63. The summed E-state index contributed by atoms with van der Waals surface area (Å²) in [5.41, 5.74) is 0.954. The number of benzene rings is 1. The maximum Gasteiger partial charge on any atom is 0.254 e. The summed E-state index contributed by atoms with van der Waals surface area (Å²) < 4.78 is 10.8. The molecule has 1 aromatic carbocycles. The van der Waals surface area contributed by atoms with E-state index in [-0.39, 0.29) is 40.9 Å². The van der Waals surface area contributed by atoms with Gasteiger partial charge in [0.05, 0.1) is 31.8 Å². The molecule has 1 spiro atoms. The number of ether oxygens (including phenoxy) is 2. The van der Waals surface area contributed by atoms with Crippen LogP contribution in [0, 0.1) is 29.1 Å². The Bertz CT molecular complexity index is 852. The number of amides is 2. The van der Waals surface area contributed by atoms with E-state index in [9.17, 15) is 9.59 Å². The summed E-state index contributed by atoms with van der Waals surface area (Å²) in [6.45, 7) is 2.41. The summed E-state index contributed by atoms with van der Waals surface area (Å²) in [5, 5.41) is 5.33. The molecule has 5 rings (SSSR count). The fourth-order valence-electron chi connectivity index (χ4n) is 5.34. The van der Waals surface area contributed by atoms with Crippen molar-refractivity contribution in [3.05, 3.63) is 35.9 Å². The smallest absolute Gasteiger partial charge is 0.254 e. The number of rotatable bonds is 5. The monoisotopic (exact) mass is 366 g/mol. The van der Waals surface area contributed by atoms with Gasteiger partial charge in [-0.15, -0.1) is 0 Å². The second-order valence-corrected chi connectivity index (χ2v) is 7.80. The number of nitrogens with zero attached hydrogens (tertiary/aromatic N) is 2. The maximum atomic E-state index is 12.9. The summed E-state index contributed by atoms with van der Waals surface area (Å²) in [7, 11) is 1.58. The van der Waals surface area contributed by atoms with Crippen LogP contribution in [0.25, 0.3) is 0 Å². The zero-order valence-electron chi connectivity index (χ0n) is 15.4. The molecule has 0 radical (unpaired) electrons. The number of hydrogen-bond donors (Lipinski definition) is 0. The minimum absolute atomic E-state index is 0.150. The highest BCUT2D eigenvalue weighted by Crippen LogP contribution is 2.73. The first-order valence-electron chi connectivity index (χ1n) is 9.51. The Morgan fingerprint density at radius 3 is 2.37 bits per heavy atom. The first kappa shape index (κ1) is 16.5. The quantitative estimate of drug-likeness (QED) is 0.456. The summed E-state index contributed by atoms with van der Waals surface area (Å²) in [6.07, 6.45) is 8.14. The average Bonchev–Trinajstić information content (AvgIpc) is 3.27. The standard InChI is InChI=1S/C21H22N2O4/c1-3-27-16-10-12(4-7-15(16)26-2)11-22-23-19(24)17-13-5-6-14(18(17)20(23)25)21(13)8-9-21/h4-7,10-11,13-14,17-18H,3,8-9H2,1-2H3/b22-11-/t13-,14-,17+,18+/m1/s1. The van der Waals surface area contributed by atoms with Crippen molar-refractivity contribution in [1.82, 2.24) is 5.01 Å². The Morgan fingerprint density at radius 1 is 1.15 bits per heavy atom. The molecule has 6 heteroatoms. The average molecular weight is 366 g/mol. The van der Waals surface area contributed by atoms with E-state index in [4.69, 9.17) is 9.47 Å². The van der Waals surface area contributed by atoms with Crippen LogP contribution in [0.1, 0.15) is 25.3 Å². The largest absolute Gasteiger partial charge is 0.493 e. The molecule has 3 fully saturated rings. The van der Waals surface area contributed by atoms with Gasteiger partial charge in [0.2, 0.25) is 0 Å². The van der Waals surface area contributed by atoms with Crippen LogP contribution in [0.2, 0.25) is 0 Å². The summed E-state index contributed by atoms with van der Waals surface area (Å²) >= 11 is 0. The zero-order valence-corrected chi connectivity index (χ0v) is 15.4. The Morgan fingerprint density at radius 2 is 1.81 bits per heavy atom. The molecule has 2 saturated carbocycles. The number of hydrazone groups is 1. The molecule has 1 heterocycles. The van der Waals surface area contributed by atoms with Crippen molar-refractivity contribution < 1.29 is 19.1 Å². The summed E-state index contributed by atoms with van der Waals surface area (Å²) in [5.74, 6) is 0.936. The number of allylic oxidation sites excluding steroid dienone is 2. The predicted molar refractivity (Wildman–Crippen MR) is 98.4 cm³/mol. The van der Waals surface area contributed by atoms with Crippen LogP contribution >= 0.6 is 0 Å². The van der Waals surface area contributed by atoms with Crippen LogP contribution in [-0.4, -0.2) is 36.8 Å². The normalized spacial score (nSPS) is 32.0. The van der Waals surface area contributed by atoms with Gasteiger partial charge in [0.15, 0.2) is 11.5 Å². The van der Waals surface area contributed by atoms with Crippen molar-refractivity contribution in [1.29, 1.82) is 0 Å². The molecule has 0 unspecified atom stereocenters. The summed E-state index contributed by atoms with van der Waals surface area (Å²) in [6, 6.07) is 5.40. The maximum absolute atomic E-state index is 12.9. The molecule has 0 N–H and O–H groups in total. The molecular weight excluding hydrogens is 344 g/mol. The van der Waals surface area contributed by atoms with Gasteiger partial charge in [-0.1, -0.05) is 12.2 Å². The van der Waals surface area contributed by atoms with Crippen LogP contribution < -0.4 is 9.47 Å². The van der Waals surface area contributed by atoms with Gasteiger partial charge in [-0.3, -0.25) is 9.59 Å². The molecule has 4 atom stereocenters. The highest BCUT2D eigenvalue weighted by Gasteiger charge is 2.73. The molecule has 2 bridgehead atoms. The lowest BCUT2D eigenvalue weighted by atomic mass is 9.85. The predicted octanol–water partition coefficient (Wildman–Crippen LogP) is 2.63. The molecule has 0 aromatic heterocycles. The van der Waals surface area contributed by atoms with Crippen molar-refractivity contribution in [2.24, 2.45) is 34.2 Å². The number of methoxy groups -OCH3 is 1. The van der Waals surface area contributed by atoms with E-state index in [0.29, 0.717) is 18.1 Å². The van der Waals surface area contributed by atoms with Crippen LogP contribution in [0.4, 0.5) is 0 Å². The molecule has 1 saturated heterocycles. The van der Waals surface area contributed by atoms with Crippen molar-refractivity contribution >= 4 is 18.0 Å². The molecule has 4 aliphatic rings. The number of hydrogen-bond acceptors (Lipinski definition) is 5. The molecule has 1 aliphatic heterocycles. The second kappa shape index (κ2) is 5.68. The molecule has 1 aromatic rings. The second-order valence-electron chi connectivity index (χ2n) is 7.80. The first-order chi connectivity index (χ1) is 13.1. The van der Waals surface area contributed by atoms with Gasteiger partial charge in [-0.25, -0.2) is 0 Å². The Balaban J connectivity index is 1.39. The van der Waals surface area contributed by atoms with Crippen LogP contribution in [0.3, 0.4) is 0 Å². The molecular formula is C21H22N2O4. The van der Waals surface area contributed by atoms with Gasteiger partial charge >= 0.3 is 0 Å². The number of carbonyl (C=O) groups is 2. The van der Waals surface area contributed by atoms with E-state index in [1.807, 2.05) is 13.0 Å². The van der Waals surface area contributed by atoms with E-state index < -0.39 is 0 Å². The van der Waals surface area contributed by atoms with Gasteiger partial charge in [0.1, 0.15) is 0 Å². The third-order valence-corrected chi connectivity index (χ3v) is 6.64.